The molecule has 5 heteroatoms. The lowest BCUT2D eigenvalue weighted by Crippen LogP contribution is -2.27. The van der Waals surface area contributed by atoms with Crippen LogP contribution in [-0.4, -0.2) is 11.2 Å². The van der Waals surface area contributed by atoms with Gasteiger partial charge in [-0.3, -0.25) is 0 Å². The topological polar surface area (TPSA) is 46.2 Å². The zero-order valence-electron chi connectivity index (χ0n) is 10.5. The van der Waals surface area contributed by atoms with Crippen LogP contribution in [0.15, 0.2) is 12.1 Å². The first-order chi connectivity index (χ1) is 8.34. The van der Waals surface area contributed by atoms with Crippen molar-refractivity contribution in [2.45, 2.75) is 38.8 Å². The highest BCUT2D eigenvalue weighted by Crippen LogP contribution is 2.33. The average molecular weight is 294 g/mol. The maximum Gasteiger partial charge on any atom is 0.129 e. The summed E-state index contributed by atoms with van der Waals surface area (Å²) in [6.07, 6.45) is 0.480. The normalized spacial score (nSPS) is 14.9. The number of hydrogen-bond donors (Lipinski definition) is 2. The molecule has 1 aromatic rings. The number of benzene rings is 1. The molecular formula is C13H18Cl2FNO. The van der Waals surface area contributed by atoms with E-state index < -0.39 is 18.0 Å². The number of aliphatic hydroxyl groups excluding tert-OH is 1. The quantitative estimate of drug-likeness (QED) is 0.808. The molecule has 1 rings (SSSR count). The zero-order chi connectivity index (χ0) is 13.9. The highest BCUT2D eigenvalue weighted by Gasteiger charge is 2.24. The third kappa shape index (κ3) is 3.82. The largest absolute Gasteiger partial charge is 0.391 e. The second-order valence-electron chi connectivity index (χ2n) is 4.82. The molecule has 0 saturated carbocycles. The van der Waals surface area contributed by atoms with Crippen LogP contribution in [0.25, 0.3) is 0 Å². The fourth-order valence-electron chi connectivity index (χ4n) is 1.72. The fourth-order valence-corrected chi connectivity index (χ4v) is 2.17. The van der Waals surface area contributed by atoms with Crippen LogP contribution in [0.5, 0.6) is 0 Å². The van der Waals surface area contributed by atoms with Crippen molar-refractivity contribution in [3.05, 3.63) is 33.6 Å². The van der Waals surface area contributed by atoms with Gasteiger partial charge in [-0.25, -0.2) is 4.39 Å². The third-order valence-corrected chi connectivity index (χ3v) is 3.69. The van der Waals surface area contributed by atoms with E-state index in [2.05, 4.69) is 0 Å². The average Bonchev–Trinajstić information content (AvgIpc) is 2.31. The molecule has 0 radical (unpaired) electrons. The van der Waals surface area contributed by atoms with Crippen LogP contribution in [0.1, 0.15) is 38.3 Å². The van der Waals surface area contributed by atoms with Crippen molar-refractivity contribution in [1.29, 1.82) is 0 Å². The van der Waals surface area contributed by atoms with Crippen molar-refractivity contribution in [3.63, 3.8) is 0 Å². The van der Waals surface area contributed by atoms with Gasteiger partial charge in [0.2, 0.25) is 0 Å². The highest BCUT2D eigenvalue weighted by atomic mass is 35.5. The van der Waals surface area contributed by atoms with Crippen molar-refractivity contribution in [2.24, 2.45) is 11.7 Å². The van der Waals surface area contributed by atoms with E-state index in [-0.39, 0.29) is 15.6 Å². The minimum Gasteiger partial charge on any atom is -0.391 e. The standard InChI is InChI=1S/C13H18Cl2FNO/c1-7(2)3-6-10(18)13(17)11-9(16)5-4-8(14)12(11)15/h4-5,7,10,13,18H,3,6,17H2,1-2H3/t10-,13-/m1/s1. The summed E-state index contributed by atoms with van der Waals surface area (Å²) in [4.78, 5) is 0. The molecule has 0 unspecified atom stereocenters. The van der Waals surface area contributed by atoms with Crippen LogP contribution < -0.4 is 5.73 Å². The molecular weight excluding hydrogens is 276 g/mol. The highest BCUT2D eigenvalue weighted by molar-refractivity contribution is 6.42. The number of halogens is 3. The van der Waals surface area contributed by atoms with Gasteiger partial charge in [0.15, 0.2) is 0 Å². The lowest BCUT2D eigenvalue weighted by atomic mass is 9.95. The SMILES string of the molecule is CC(C)CC[C@@H](O)[C@@H](N)c1c(F)ccc(Cl)c1Cl. The smallest absolute Gasteiger partial charge is 0.129 e. The van der Waals surface area contributed by atoms with Crippen molar-refractivity contribution in [2.75, 3.05) is 0 Å². The number of aliphatic hydroxyl groups is 1. The Labute approximate surface area is 117 Å². The molecule has 0 spiro atoms. The molecule has 3 N–H and O–H groups in total. The van der Waals surface area contributed by atoms with Crippen molar-refractivity contribution >= 4 is 23.2 Å². The predicted molar refractivity (Wildman–Crippen MR) is 73.4 cm³/mol. The Morgan fingerprint density at radius 2 is 1.89 bits per heavy atom. The van der Waals surface area contributed by atoms with Gasteiger partial charge in [-0.15, -0.1) is 0 Å². The molecule has 1 aromatic carbocycles. The van der Waals surface area contributed by atoms with Gasteiger partial charge >= 0.3 is 0 Å². The van der Waals surface area contributed by atoms with E-state index >= 15 is 0 Å². The predicted octanol–water partition coefficient (Wildman–Crippen LogP) is 3.93. The van der Waals surface area contributed by atoms with Gasteiger partial charge in [0.1, 0.15) is 5.82 Å². The van der Waals surface area contributed by atoms with E-state index in [4.69, 9.17) is 28.9 Å². The lowest BCUT2D eigenvalue weighted by molar-refractivity contribution is 0.127. The second kappa shape index (κ2) is 6.71. The van der Waals surface area contributed by atoms with E-state index in [1.807, 2.05) is 13.8 Å². The van der Waals surface area contributed by atoms with Crippen molar-refractivity contribution in [1.82, 2.24) is 0 Å². The first-order valence-corrected chi connectivity index (χ1v) is 6.67. The van der Waals surface area contributed by atoms with E-state index in [1.165, 1.54) is 12.1 Å². The van der Waals surface area contributed by atoms with Gasteiger partial charge in [-0.1, -0.05) is 37.0 Å². The molecule has 0 heterocycles. The van der Waals surface area contributed by atoms with Gasteiger partial charge in [0.05, 0.1) is 22.2 Å². The van der Waals surface area contributed by atoms with Crippen LogP contribution in [-0.2, 0) is 0 Å². The molecule has 0 aliphatic rings. The molecule has 2 nitrogen and oxygen atoms in total. The summed E-state index contributed by atoms with van der Waals surface area (Å²) >= 11 is 11.8. The molecule has 0 aliphatic heterocycles. The van der Waals surface area contributed by atoms with Crippen LogP contribution in [0.3, 0.4) is 0 Å². The fraction of sp³-hybridized carbons (Fsp3) is 0.538. The van der Waals surface area contributed by atoms with Crippen LogP contribution in [0, 0.1) is 11.7 Å². The Balaban J connectivity index is 2.89. The number of nitrogens with two attached hydrogens (primary N) is 1. The van der Waals surface area contributed by atoms with E-state index in [9.17, 15) is 9.50 Å². The van der Waals surface area contributed by atoms with Crippen LogP contribution >= 0.6 is 23.2 Å². The summed E-state index contributed by atoms with van der Waals surface area (Å²) in [6.45, 7) is 4.09. The second-order valence-corrected chi connectivity index (χ2v) is 5.61. The Morgan fingerprint density at radius 3 is 2.44 bits per heavy atom. The summed E-state index contributed by atoms with van der Waals surface area (Å²) in [7, 11) is 0. The van der Waals surface area contributed by atoms with Crippen molar-refractivity contribution in [3.8, 4) is 0 Å². The zero-order valence-corrected chi connectivity index (χ0v) is 12.0. The molecule has 0 saturated heterocycles. The Hall–Kier alpha value is -0.350. The number of hydrogen-bond acceptors (Lipinski definition) is 2. The summed E-state index contributed by atoms with van der Waals surface area (Å²) in [6, 6.07) is 1.71. The maximum absolute atomic E-state index is 13.7. The van der Waals surface area contributed by atoms with E-state index in [0.717, 1.165) is 6.42 Å². The minimum absolute atomic E-state index is 0.0766. The molecule has 0 amide bonds. The molecule has 2 atom stereocenters. The first kappa shape index (κ1) is 15.7. The molecule has 0 aliphatic carbocycles. The van der Waals surface area contributed by atoms with Crippen LogP contribution in [0.4, 0.5) is 4.39 Å². The summed E-state index contributed by atoms with van der Waals surface area (Å²) in [5, 5.41) is 10.3. The van der Waals surface area contributed by atoms with E-state index in [0.29, 0.717) is 12.3 Å². The molecule has 0 fully saturated rings. The van der Waals surface area contributed by atoms with Crippen molar-refractivity contribution < 1.29 is 9.50 Å². The molecule has 102 valence electrons. The summed E-state index contributed by atoms with van der Waals surface area (Å²) < 4.78 is 13.7. The van der Waals surface area contributed by atoms with Gasteiger partial charge in [-0.2, -0.15) is 0 Å². The summed E-state index contributed by atoms with van der Waals surface area (Å²) in [5.41, 5.74) is 5.95. The Morgan fingerprint density at radius 1 is 1.28 bits per heavy atom. The number of rotatable bonds is 5. The lowest BCUT2D eigenvalue weighted by Gasteiger charge is -2.21. The van der Waals surface area contributed by atoms with Gasteiger partial charge in [0.25, 0.3) is 0 Å². The first-order valence-electron chi connectivity index (χ1n) is 5.91. The molecule has 0 bridgehead atoms. The Kier molecular flexibility index (Phi) is 5.86. The maximum atomic E-state index is 13.7. The monoisotopic (exact) mass is 293 g/mol. The van der Waals surface area contributed by atoms with Crippen LogP contribution in [0.2, 0.25) is 10.0 Å². The van der Waals surface area contributed by atoms with Gasteiger partial charge < -0.3 is 10.8 Å². The van der Waals surface area contributed by atoms with Gasteiger partial charge in [0, 0.05) is 5.56 Å². The Bertz CT molecular complexity index is 412. The third-order valence-electron chi connectivity index (χ3n) is 2.87. The van der Waals surface area contributed by atoms with E-state index in [1.54, 1.807) is 0 Å². The summed E-state index contributed by atoms with van der Waals surface area (Å²) in [5.74, 6) is -0.0907. The molecule has 0 aromatic heterocycles. The van der Waals surface area contributed by atoms with Gasteiger partial charge in [-0.05, 0) is 30.9 Å². The molecule has 18 heavy (non-hydrogen) atoms. The minimum atomic E-state index is -0.866.